The quantitative estimate of drug-likeness (QED) is 0.854. The van der Waals surface area contributed by atoms with Crippen LogP contribution in [0.5, 0.6) is 0 Å². The van der Waals surface area contributed by atoms with E-state index in [1.54, 1.807) is 17.4 Å². The summed E-state index contributed by atoms with van der Waals surface area (Å²) < 4.78 is 0. The van der Waals surface area contributed by atoms with Crippen LogP contribution in [0.4, 0.5) is 0 Å². The minimum absolute atomic E-state index is 0.260. The second kappa shape index (κ2) is 5.09. The maximum atomic E-state index is 11.0. The number of rotatable bonds is 2. The first-order valence-corrected chi connectivity index (χ1v) is 7.24. The second-order valence-electron chi connectivity index (χ2n) is 4.68. The zero-order chi connectivity index (χ0) is 13.2. The Morgan fingerprint density at radius 2 is 2.11 bits per heavy atom. The van der Waals surface area contributed by atoms with Crippen molar-refractivity contribution in [2.45, 2.75) is 32.1 Å². The summed E-state index contributed by atoms with van der Waals surface area (Å²) in [5.41, 5.74) is 2.10. The van der Waals surface area contributed by atoms with Crippen LogP contribution in [0, 0.1) is 0 Å². The number of thiazole rings is 1. The van der Waals surface area contributed by atoms with Crippen LogP contribution in [0.1, 0.15) is 40.2 Å². The largest absolute Gasteiger partial charge is 0.478 e. The Kier molecular flexibility index (Phi) is 3.29. The van der Waals surface area contributed by atoms with E-state index in [-0.39, 0.29) is 5.56 Å². The van der Waals surface area contributed by atoms with Crippen LogP contribution < -0.4 is 0 Å². The van der Waals surface area contributed by atoms with E-state index in [1.807, 2.05) is 0 Å². The summed E-state index contributed by atoms with van der Waals surface area (Å²) in [4.78, 5) is 21.2. The van der Waals surface area contributed by atoms with E-state index >= 15 is 0 Å². The SMILES string of the molecule is O=C(O)c1ccnc(-c2nc3c(s2)CCCCC3)c1. The molecular weight excluding hydrogens is 260 g/mol. The van der Waals surface area contributed by atoms with Crippen molar-refractivity contribution in [3.8, 4) is 10.7 Å². The highest BCUT2D eigenvalue weighted by Gasteiger charge is 2.16. The molecule has 0 unspecified atom stereocenters. The number of aromatic carboxylic acids is 1. The number of hydrogen-bond acceptors (Lipinski definition) is 4. The lowest BCUT2D eigenvalue weighted by molar-refractivity contribution is 0.0697. The van der Waals surface area contributed by atoms with Gasteiger partial charge < -0.3 is 5.11 Å². The van der Waals surface area contributed by atoms with Gasteiger partial charge in [-0.15, -0.1) is 11.3 Å². The van der Waals surface area contributed by atoms with Crippen molar-refractivity contribution >= 4 is 17.3 Å². The third kappa shape index (κ3) is 2.51. The molecule has 0 radical (unpaired) electrons. The first-order chi connectivity index (χ1) is 9.24. The van der Waals surface area contributed by atoms with Gasteiger partial charge in [0.25, 0.3) is 0 Å². The molecule has 1 N–H and O–H groups in total. The van der Waals surface area contributed by atoms with Gasteiger partial charge in [-0.25, -0.2) is 9.78 Å². The summed E-state index contributed by atoms with van der Waals surface area (Å²) in [6, 6.07) is 3.10. The number of carbonyl (C=O) groups is 1. The van der Waals surface area contributed by atoms with E-state index < -0.39 is 5.97 Å². The molecule has 0 bridgehead atoms. The van der Waals surface area contributed by atoms with E-state index in [2.05, 4.69) is 9.97 Å². The Morgan fingerprint density at radius 3 is 2.95 bits per heavy atom. The van der Waals surface area contributed by atoms with Crippen LogP contribution in [-0.4, -0.2) is 21.0 Å². The van der Waals surface area contributed by atoms with Crippen LogP contribution in [0.25, 0.3) is 10.7 Å². The number of pyridine rings is 1. The van der Waals surface area contributed by atoms with Gasteiger partial charge >= 0.3 is 5.97 Å². The molecule has 19 heavy (non-hydrogen) atoms. The average molecular weight is 274 g/mol. The van der Waals surface area contributed by atoms with Crippen molar-refractivity contribution in [3.63, 3.8) is 0 Å². The van der Waals surface area contributed by atoms with E-state index in [9.17, 15) is 4.79 Å². The molecule has 3 rings (SSSR count). The highest BCUT2D eigenvalue weighted by atomic mass is 32.1. The molecule has 5 heteroatoms. The number of aromatic nitrogens is 2. The highest BCUT2D eigenvalue weighted by Crippen LogP contribution is 2.31. The highest BCUT2D eigenvalue weighted by molar-refractivity contribution is 7.15. The molecule has 0 atom stereocenters. The zero-order valence-corrected chi connectivity index (χ0v) is 11.2. The average Bonchev–Trinajstić information content (AvgIpc) is 2.70. The lowest BCUT2D eigenvalue weighted by Crippen LogP contribution is -1.97. The van der Waals surface area contributed by atoms with E-state index in [0.29, 0.717) is 5.69 Å². The monoisotopic (exact) mass is 274 g/mol. The van der Waals surface area contributed by atoms with E-state index in [0.717, 1.165) is 17.8 Å². The molecule has 0 spiro atoms. The van der Waals surface area contributed by atoms with Crippen molar-refractivity contribution in [1.29, 1.82) is 0 Å². The van der Waals surface area contributed by atoms with Crippen molar-refractivity contribution in [2.24, 2.45) is 0 Å². The number of nitrogens with zero attached hydrogens (tertiary/aromatic N) is 2. The Labute approximate surface area is 115 Å². The minimum atomic E-state index is -0.929. The molecule has 1 aliphatic rings. The molecular formula is C14H14N2O2S. The van der Waals surface area contributed by atoms with Gasteiger partial charge in [0.1, 0.15) is 5.01 Å². The second-order valence-corrected chi connectivity index (χ2v) is 5.77. The first kappa shape index (κ1) is 12.3. The molecule has 0 aromatic carbocycles. The van der Waals surface area contributed by atoms with Gasteiger partial charge in [-0.2, -0.15) is 0 Å². The van der Waals surface area contributed by atoms with Crippen molar-refractivity contribution in [2.75, 3.05) is 0 Å². The van der Waals surface area contributed by atoms with E-state index in [1.165, 1.54) is 42.1 Å². The third-order valence-corrected chi connectivity index (χ3v) is 4.50. The lowest BCUT2D eigenvalue weighted by Gasteiger charge is -1.98. The maximum Gasteiger partial charge on any atom is 0.335 e. The molecule has 1 aliphatic carbocycles. The normalized spacial score (nSPS) is 14.7. The fourth-order valence-electron chi connectivity index (χ4n) is 2.32. The van der Waals surface area contributed by atoms with Crippen LogP contribution >= 0.6 is 11.3 Å². The molecule has 2 aromatic heterocycles. The van der Waals surface area contributed by atoms with Crippen molar-refractivity contribution < 1.29 is 9.90 Å². The zero-order valence-electron chi connectivity index (χ0n) is 10.4. The fraction of sp³-hybridized carbons (Fsp3) is 0.357. The van der Waals surface area contributed by atoms with Gasteiger partial charge in [0.15, 0.2) is 0 Å². The van der Waals surface area contributed by atoms with Crippen LogP contribution in [-0.2, 0) is 12.8 Å². The lowest BCUT2D eigenvalue weighted by atomic mass is 10.2. The predicted molar refractivity (Wildman–Crippen MR) is 73.6 cm³/mol. The summed E-state index contributed by atoms with van der Waals surface area (Å²) in [6.07, 6.45) is 7.34. The van der Waals surface area contributed by atoms with Gasteiger partial charge in [0, 0.05) is 11.1 Å². The Hall–Kier alpha value is -1.75. The summed E-state index contributed by atoms with van der Waals surface area (Å²) in [5, 5.41) is 9.85. The summed E-state index contributed by atoms with van der Waals surface area (Å²) in [6.45, 7) is 0. The molecule has 2 heterocycles. The molecule has 4 nitrogen and oxygen atoms in total. The summed E-state index contributed by atoms with van der Waals surface area (Å²) in [5.74, 6) is -0.929. The predicted octanol–water partition coefficient (Wildman–Crippen LogP) is 3.17. The first-order valence-electron chi connectivity index (χ1n) is 6.42. The Morgan fingerprint density at radius 1 is 1.26 bits per heavy atom. The van der Waals surface area contributed by atoms with Gasteiger partial charge in [-0.05, 0) is 37.8 Å². The van der Waals surface area contributed by atoms with Crippen molar-refractivity contribution in [1.82, 2.24) is 9.97 Å². The van der Waals surface area contributed by atoms with Gasteiger partial charge in [-0.3, -0.25) is 4.98 Å². The molecule has 0 fully saturated rings. The number of aryl methyl sites for hydroxylation is 2. The van der Waals surface area contributed by atoms with Gasteiger partial charge in [0.05, 0.1) is 17.0 Å². The molecule has 0 aliphatic heterocycles. The van der Waals surface area contributed by atoms with Gasteiger partial charge in [0.2, 0.25) is 0 Å². The van der Waals surface area contributed by atoms with E-state index in [4.69, 9.17) is 5.11 Å². The maximum absolute atomic E-state index is 11.0. The van der Waals surface area contributed by atoms with Crippen LogP contribution in [0.3, 0.4) is 0 Å². The van der Waals surface area contributed by atoms with Crippen LogP contribution in [0.15, 0.2) is 18.3 Å². The smallest absolute Gasteiger partial charge is 0.335 e. The third-order valence-electron chi connectivity index (χ3n) is 3.32. The minimum Gasteiger partial charge on any atom is -0.478 e. The Bertz CT molecular complexity index is 598. The molecule has 0 amide bonds. The van der Waals surface area contributed by atoms with Crippen LogP contribution in [0.2, 0.25) is 0 Å². The Balaban J connectivity index is 1.98. The summed E-state index contributed by atoms with van der Waals surface area (Å²) >= 11 is 1.66. The molecule has 2 aromatic rings. The molecule has 0 saturated heterocycles. The fourth-order valence-corrected chi connectivity index (χ4v) is 3.44. The van der Waals surface area contributed by atoms with Crippen molar-refractivity contribution in [3.05, 3.63) is 34.5 Å². The van der Waals surface area contributed by atoms with Gasteiger partial charge in [-0.1, -0.05) is 6.42 Å². The number of hydrogen-bond donors (Lipinski definition) is 1. The summed E-state index contributed by atoms with van der Waals surface area (Å²) in [7, 11) is 0. The number of fused-ring (bicyclic) bond motifs is 1. The topological polar surface area (TPSA) is 63.1 Å². The number of carboxylic acid groups (broad SMARTS) is 1. The standard InChI is InChI=1S/C14H14N2O2S/c17-14(18)9-6-7-15-11(8-9)13-16-10-4-2-1-3-5-12(10)19-13/h6-8H,1-5H2,(H,17,18). The molecule has 0 saturated carbocycles. The molecule has 98 valence electrons. The number of carboxylic acids is 1.